The Hall–Kier alpha value is -1.78. The molecule has 1 N–H and O–H groups in total. The van der Waals surface area contributed by atoms with Crippen molar-refractivity contribution >= 4 is 29.1 Å². The van der Waals surface area contributed by atoms with E-state index in [0.717, 1.165) is 0 Å². The van der Waals surface area contributed by atoms with Gasteiger partial charge in [0.2, 0.25) is 0 Å². The first-order valence-corrected chi connectivity index (χ1v) is 7.30. The van der Waals surface area contributed by atoms with Gasteiger partial charge in [-0.2, -0.15) is 0 Å². The average molecular weight is 342 g/mol. The Morgan fingerprint density at radius 3 is 2.50 bits per heavy atom. The average Bonchev–Trinajstić information content (AvgIpc) is 2.45. The lowest BCUT2D eigenvalue weighted by Crippen LogP contribution is -2.28. The summed E-state index contributed by atoms with van der Waals surface area (Å²) < 4.78 is 18.7. The Bertz CT molecular complexity index is 672. The number of benzene rings is 2. The summed E-state index contributed by atoms with van der Waals surface area (Å²) in [6, 6.07) is 9.53. The molecule has 2 aromatic rings. The number of carbonyl (C=O) groups is 1. The van der Waals surface area contributed by atoms with Gasteiger partial charge in [0.25, 0.3) is 5.91 Å². The van der Waals surface area contributed by atoms with Crippen molar-refractivity contribution in [1.82, 2.24) is 5.32 Å². The number of nitrogens with one attached hydrogen (secondary N) is 1. The molecule has 0 radical (unpaired) electrons. The van der Waals surface area contributed by atoms with Gasteiger partial charge in [-0.05, 0) is 42.3 Å². The number of aryl methyl sites for hydroxylation is 1. The quantitative estimate of drug-likeness (QED) is 0.887. The summed E-state index contributed by atoms with van der Waals surface area (Å²) in [6.07, 6.45) is 0. The highest BCUT2D eigenvalue weighted by atomic mass is 35.5. The molecule has 0 atom stereocenters. The van der Waals surface area contributed by atoms with Crippen LogP contribution in [0.15, 0.2) is 36.4 Å². The van der Waals surface area contributed by atoms with Gasteiger partial charge in [0.15, 0.2) is 6.61 Å². The van der Waals surface area contributed by atoms with Crippen LogP contribution in [0.5, 0.6) is 5.75 Å². The van der Waals surface area contributed by atoms with E-state index in [1.807, 2.05) is 0 Å². The van der Waals surface area contributed by atoms with Crippen LogP contribution in [0.3, 0.4) is 0 Å². The van der Waals surface area contributed by atoms with E-state index in [4.69, 9.17) is 27.9 Å². The zero-order valence-corrected chi connectivity index (χ0v) is 13.3. The van der Waals surface area contributed by atoms with Crippen LogP contribution in [0.1, 0.15) is 11.1 Å². The lowest BCUT2D eigenvalue weighted by atomic mass is 10.1. The van der Waals surface area contributed by atoms with Gasteiger partial charge in [-0.25, -0.2) is 4.39 Å². The molecule has 22 heavy (non-hydrogen) atoms. The van der Waals surface area contributed by atoms with Crippen molar-refractivity contribution in [1.29, 1.82) is 0 Å². The summed E-state index contributed by atoms with van der Waals surface area (Å²) >= 11 is 11.7. The van der Waals surface area contributed by atoms with Gasteiger partial charge in [-0.3, -0.25) is 4.79 Å². The van der Waals surface area contributed by atoms with E-state index in [2.05, 4.69) is 5.32 Å². The lowest BCUT2D eigenvalue weighted by Gasteiger charge is -2.09. The second kappa shape index (κ2) is 7.47. The zero-order valence-electron chi connectivity index (χ0n) is 11.8. The molecule has 0 saturated heterocycles. The lowest BCUT2D eigenvalue weighted by molar-refractivity contribution is -0.123. The SMILES string of the molecule is Cc1ccc(CNC(=O)COc2cc(Cl)cc(Cl)c2)cc1F. The van der Waals surface area contributed by atoms with Crippen LogP contribution >= 0.6 is 23.2 Å². The predicted molar refractivity (Wildman–Crippen MR) is 84.9 cm³/mol. The molecule has 0 fully saturated rings. The maximum Gasteiger partial charge on any atom is 0.258 e. The van der Waals surface area contributed by atoms with Gasteiger partial charge in [0, 0.05) is 16.6 Å². The van der Waals surface area contributed by atoms with Gasteiger partial charge in [-0.15, -0.1) is 0 Å². The van der Waals surface area contributed by atoms with Crippen molar-refractivity contribution < 1.29 is 13.9 Å². The minimum Gasteiger partial charge on any atom is -0.484 e. The number of ether oxygens (including phenoxy) is 1. The van der Waals surface area contributed by atoms with Crippen molar-refractivity contribution in [3.63, 3.8) is 0 Å². The molecule has 116 valence electrons. The number of rotatable bonds is 5. The van der Waals surface area contributed by atoms with Crippen molar-refractivity contribution in [3.8, 4) is 5.75 Å². The maximum atomic E-state index is 13.4. The minimum atomic E-state index is -0.322. The molecule has 3 nitrogen and oxygen atoms in total. The molecule has 0 spiro atoms. The van der Waals surface area contributed by atoms with Gasteiger partial charge >= 0.3 is 0 Å². The number of carbonyl (C=O) groups excluding carboxylic acids is 1. The first-order chi connectivity index (χ1) is 10.4. The molecule has 0 aliphatic carbocycles. The predicted octanol–water partition coefficient (Wildman–Crippen LogP) is 4.14. The summed E-state index contributed by atoms with van der Waals surface area (Å²) in [7, 11) is 0. The molecule has 0 heterocycles. The molecule has 0 bridgehead atoms. The third-order valence-electron chi connectivity index (χ3n) is 2.93. The van der Waals surface area contributed by atoms with Gasteiger partial charge in [-0.1, -0.05) is 35.3 Å². The van der Waals surface area contributed by atoms with E-state index >= 15 is 0 Å². The second-order valence-corrected chi connectivity index (χ2v) is 5.63. The fourth-order valence-electron chi connectivity index (χ4n) is 1.76. The van der Waals surface area contributed by atoms with Crippen molar-refractivity contribution in [3.05, 3.63) is 63.4 Å². The third kappa shape index (κ3) is 4.90. The van der Waals surface area contributed by atoms with Gasteiger partial charge in [0.1, 0.15) is 11.6 Å². The van der Waals surface area contributed by atoms with Crippen LogP contribution in [0.2, 0.25) is 10.0 Å². The van der Waals surface area contributed by atoms with Crippen LogP contribution in [-0.2, 0) is 11.3 Å². The number of hydrogen-bond donors (Lipinski definition) is 1. The van der Waals surface area contributed by atoms with Crippen molar-refractivity contribution in [2.24, 2.45) is 0 Å². The van der Waals surface area contributed by atoms with Gasteiger partial charge < -0.3 is 10.1 Å². The summed E-state index contributed by atoms with van der Waals surface area (Å²) in [6.45, 7) is 1.74. The van der Waals surface area contributed by atoms with E-state index in [1.165, 1.54) is 6.07 Å². The Morgan fingerprint density at radius 1 is 1.18 bits per heavy atom. The second-order valence-electron chi connectivity index (χ2n) is 4.75. The van der Waals surface area contributed by atoms with Crippen molar-refractivity contribution in [2.75, 3.05) is 6.61 Å². The first-order valence-electron chi connectivity index (χ1n) is 6.54. The summed E-state index contributed by atoms with van der Waals surface area (Å²) in [5.74, 6) is -0.206. The van der Waals surface area contributed by atoms with E-state index in [1.54, 1.807) is 37.3 Å². The number of halogens is 3. The Labute approximate surface area is 138 Å². The molecule has 2 rings (SSSR count). The summed E-state index contributed by atoms with van der Waals surface area (Å²) in [4.78, 5) is 11.7. The van der Waals surface area contributed by atoms with Crippen LogP contribution in [0.25, 0.3) is 0 Å². The summed E-state index contributed by atoms with van der Waals surface area (Å²) in [5, 5.41) is 3.51. The molecular weight excluding hydrogens is 328 g/mol. The van der Waals surface area contributed by atoms with Crippen molar-refractivity contribution in [2.45, 2.75) is 13.5 Å². The topological polar surface area (TPSA) is 38.3 Å². The minimum absolute atomic E-state index is 0.176. The third-order valence-corrected chi connectivity index (χ3v) is 3.37. The highest BCUT2D eigenvalue weighted by Gasteiger charge is 2.06. The smallest absolute Gasteiger partial charge is 0.258 e. The Morgan fingerprint density at radius 2 is 1.86 bits per heavy atom. The Balaban J connectivity index is 1.84. The molecule has 0 aliphatic rings. The Kier molecular flexibility index (Phi) is 5.63. The molecule has 6 heteroatoms. The number of amides is 1. The summed E-state index contributed by atoms with van der Waals surface area (Å²) in [5.41, 5.74) is 1.25. The molecular formula is C16H14Cl2FNO2. The first kappa shape index (κ1) is 16.6. The normalized spacial score (nSPS) is 10.4. The molecule has 0 aromatic heterocycles. The highest BCUT2D eigenvalue weighted by molar-refractivity contribution is 6.34. The van der Waals surface area contributed by atoms with E-state index < -0.39 is 0 Å². The highest BCUT2D eigenvalue weighted by Crippen LogP contribution is 2.24. The zero-order chi connectivity index (χ0) is 16.1. The fraction of sp³-hybridized carbons (Fsp3) is 0.188. The number of hydrogen-bond acceptors (Lipinski definition) is 2. The standard InChI is InChI=1S/C16H14Cl2FNO2/c1-10-2-3-11(4-15(10)19)8-20-16(21)9-22-14-6-12(17)5-13(18)7-14/h2-7H,8-9H2,1H3,(H,20,21). The van der Waals surface area contributed by atoms with E-state index in [0.29, 0.717) is 26.9 Å². The molecule has 0 saturated carbocycles. The van der Waals surface area contributed by atoms with E-state index in [-0.39, 0.29) is 24.9 Å². The van der Waals surface area contributed by atoms with Crippen LogP contribution in [0.4, 0.5) is 4.39 Å². The molecule has 0 unspecified atom stereocenters. The molecule has 2 aromatic carbocycles. The van der Waals surface area contributed by atoms with E-state index in [9.17, 15) is 9.18 Å². The van der Waals surface area contributed by atoms with Crippen LogP contribution in [0, 0.1) is 12.7 Å². The maximum absolute atomic E-state index is 13.4. The fourth-order valence-corrected chi connectivity index (χ4v) is 2.26. The van der Waals surface area contributed by atoms with Crippen LogP contribution in [-0.4, -0.2) is 12.5 Å². The monoisotopic (exact) mass is 341 g/mol. The molecule has 0 aliphatic heterocycles. The van der Waals surface area contributed by atoms with Crippen LogP contribution < -0.4 is 10.1 Å². The largest absolute Gasteiger partial charge is 0.484 e. The molecule has 1 amide bonds. The van der Waals surface area contributed by atoms with Gasteiger partial charge in [0.05, 0.1) is 0 Å².